The molecular formula is C12H13FIN3. The maximum Gasteiger partial charge on any atom is 0.129 e. The molecule has 0 atom stereocenters. The highest BCUT2D eigenvalue weighted by atomic mass is 127. The van der Waals surface area contributed by atoms with Crippen molar-refractivity contribution >= 4 is 22.6 Å². The minimum absolute atomic E-state index is 0.200. The molecule has 3 nitrogen and oxygen atoms in total. The molecule has 1 aromatic carbocycles. The molecule has 1 N–H and O–H groups in total. The predicted octanol–water partition coefficient (Wildman–Crippen LogP) is 2.73. The van der Waals surface area contributed by atoms with Gasteiger partial charge < -0.3 is 5.32 Å². The summed E-state index contributed by atoms with van der Waals surface area (Å²) in [5.74, 6) is -0.200. The van der Waals surface area contributed by atoms with E-state index in [4.69, 9.17) is 0 Å². The monoisotopic (exact) mass is 345 g/mol. The Labute approximate surface area is 113 Å². The first kappa shape index (κ1) is 12.5. The first-order valence-electron chi connectivity index (χ1n) is 5.41. The molecule has 0 saturated carbocycles. The summed E-state index contributed by atoms with van der Waals surface area (Å²) in [6.45, 7) is 3.32. The molecule has 1 heterocycles. The van der Waals surface area contributed by atoms with Crippen molar-refractivity contribution in [2.45, 2.75) is 13.5 Å². The van der Waals surface area contributed by atoms with Crippen LogP contribution in [0.4, 0.5) is 4.39 Å². The fourth-order valence-corrected chi connectivity index (χ4v) is 2.01. The van der Waals surface area contributed by atoms with Gasteiger partial charge in [-0.25, -0.2) is 9.07 Å². The second-order valence-corrected chi connectivity index (χ2v) is 4.87. The van der Waals surface area contributed by atoms with E-state index in [0.29, 0.717) is 12.1 Å². The van der Waals surface area contributed by atoms with Gasteiger partial charge in [0.25, 0.3) is 0 Å². The van der Waals surface area contributed by atoms with Gasteiger partial charge in [0.1, 0.15) is 5.82 Å². The van der Waals surface area contributed by atoms with E-state index in [1.54, 1.807) is 16.9 Å². The van der Waals surface area contributed by atoms with E-state index in [1.807, 2.05) is 19.2 Å². The SMILES string of the molecule is CCNCc1c(F)cccc1-n1cc(I)cn1. The molecule has 0 aliphatic heterocycles. The van der Waals surface area contributed by atoms with Crippen molar-refractivity contribution in [3.05, 3.63) is 45.5 Å². The van der Waals surface area contributed by atoms with Crippen molar-refractivity contribution in [2.24, 2.45) is 0 Å². The van der Waals surface area contributed by atoms with Gasteiger partial charge in [0.15, 0.2) is 0 Å². The average Bonchev–Trinajstić information content (AvgIpc) is 2.74. The van der Waals surface area contributed by atoms with Gasteiger partial charge in [-0.15, -0.1) is 0 Å². The molecule has 0 bridgehead atoms. The van der Waals surface area contributed by atoms with Crippen molar-refractivity contribution in [1.82, 2.24) is 15.1 Å². The van der Waals surface area contributed by atoms with Crippen molar-refractivity contribution in [3.8, 4) is 5.69 Å². The van der Waals surface area contributed by atoms with Gasteiger partial charge in [0, 0.05) is 18.3 Å². The minimum Gasteiger partial charge on any atom is -0.313 e. The van der Waals surface area contributed by atoms with Crippen LogP contribution >= 0.6 is 22.6 Å². The van der Waals surface area contributed by atoms with Crippen LogP contribution in [0.1, 0.15) is 12.5 Å². The topological polar surface area (TPSA) is 29.9 Å². The van der Waals surface area contributed by atoms with Crippen molar-refractivity contribution in [1.29, 1.82) is 0 Å². The molecule has 0 fully saturated rings. The third kappa shape index (κ3) is 2.84. The second-order valence-electron chi connectivity index (χ2n) is 3.62. The molecular weight excluding hydrogens is 332 g/mol. The highest BCUT2D eigenvalue weighted by molar-refractivity contribution is 14.1. The fraction of sp³-hybridized carbons (Fsp3) is 0.250. The van der Waals surface area contributed by atoms with E-state index in [9.17, 15) is 4.39 Å². The molecule has 5 heteroatoms. The maximum atomic E-state index is 13.8. The van der Waals surface area contributed by atoms with Crippen molar-refractivity contribution in [2.75, 3.05) is 6.54 Å². The van der Waals surface area contributed by atoms with Crippen LogP contribution in [-0.4, -0.2) is 16.3 Å². The zero-order valence-electron chi connectivity index (χ0n) is 9.45. The lowest BCUT2D eigenvalue weighted by atomic mass is 10.1. The maximum absolute atomic E-state index is 13.8. The molecule has 0 saturated heterocycles. The van der Waals surface area contributed by atoms with Gasteiger partial charge in [-0.2, -0.15) is 5.10 Å². The van der Waals surface area contributed by atoms with Crippen LogP contribution in [0.3, 0.4) is 0 Å². The number of nitrogens with zero attached hydrogens (tertiary/aromatic N) is 2. The molecule has 0 aliphatic rings. The third-order valence-corrected chi connectivity index (χ3v) is 3.00. The second kappa shape index (κ2) is 5.59. The lowest BCUT2D eigenvalue weighted by molar-refractivity contribution is 0.589. The number of benzene rings is 1. The van der Waals surface area contributed by atoms with E-state index >= 15 is 0 Å². The smallest absolute Gasteiger partial charge is 0.129 e. The summed E-state index contributed by atoms with van der Waals surface area (Å²) in [5, 5.41) is 7.35. The Morgan fingerprint density at radius 2 is 2.29 bits per heavy atom. The highest BCUT2D eigenvalue weighted by Crippen LogP contribution is 2.18. The number of nitrogens with one attached hydrogen (secondary N) is 1. The van der Waals surface area contributed by atoms with Crippen molar-refractivity contribution in [3.63, 3.8) is 0 Å². The van der Waals surface area contributed by atoms with Crippen LogP contribution in [0, 0.1) is 9.39 Å². The molecule has 0 amide bonds. The summed E-state index contributed by atoms with van der Waals surface area (Å²) >= 11 is 2.18. The quantitative estimate of drug-likeness (QED) is 0.864. The summed E-state index contributed by atoms with van der Waals surface area (Å²) in [6.07, 6.45) is 3.63. The summed E-state index contributed by atoms with van der Waals surface area (Å²) < 4.78 is 16.5. The Bertz CT molecular complexity index is 510. The first-order valence-corrected chi connectivity index (χ1v) is 6.49. The average molecular weight is 345 g/mol. The Balaban J connectivity index is 2.42. The molecule has 1 aromatic heterocycles. The van der Waals surface area contributed by atoms with E-state index in [2.05, 4.69) is 33.0 Å². The van der Waals surface area contributed by atoms with Gasteiger partial charge in [-0.1, -0.05) is 13.0 Å². The number of aromatic nitrogens is 2. The lowest BCUT2D eigenvalue weighted by Gasteiger charge is -2.10. The Morgan fingerprint density at radius 3 is 2.94 bits per heavy atom. The van der Waals surface area contributed by atoms with Crippen LogP contribution in [-0.2, 0) is 6.54 Å². The van der Waals surface area contributed by atoms with E-state index in [1.165, 1.54) is 6.07 Å². The van der Waals surface area contributed by atoms with E-state index < -0.39 is 0 Å². The summed E-state index contributed by atoms with van der Waals surface area (Å²) in [7, 11) is 0. The molecule has 0 aliphatic carbocycles. The van der Waals surface area contributed by atoms with Gasteiger partial charge >= 0.3 is 0 Å². The van der Waals surface area contributed by atoms with Crippen molar-refractivity contribution < 1.29 is 4.39 Å². The fourth-order valence-electron chi connectivity index (χ4n) is 1.62. The summed E-state index contributed by atoms with van der Waals surface area (Å²) in [6, 6.07) is 5.05. The molecule has 17 heavy (non-hydrogen) atoms. The zero-order chi connectivity index (χ0) is 12.3. The van der Waals surface area contributed by atoms with Crippen LogP contribution in [0.25, 0.3) is 5.69 Å². The number of halogens is 2. The van der Waals surface area contributed by atoms with Crippen LogP contribution in [0.5, 0.6) is 0 Å². The van der Waals surface area contributed by atoms with E-state index in [-0.39, 0.29) is 5.82 Å². The standard InChI is InChI=1S/C12H13FIN3/c1-2-15-7-10-11(13)4-3-5-12(10)17-8-9(14)6-16-17/h3-6,8,15H,2,7H2,1H3. The largest absolute Gasteiger partial charge is 0.313 e. The Morgan fingerprint density at radius 1 is 1.47 bits per heavy atom. The van der Waals surface area contributed by atoms with Gasteiger partial charge in [0.05, 0.1) is 15.5 Å². The number of hydrogen-bond donors (Lipinski definition) is 1. The molecule has 0 unspecified atom stereocenters. The van der Waals surface area contributed by atoms with Crippen LogP contribution in [0.2, 0.25) is 0 Å². The number of hydrogen-bond acceptors (Lipinski definition) is 2. The molecule has 0 radical (unpaired) electrons. The van der Waals surface area contributed by atoms with Crippen LogP contribution in [0.15, 0.2) is 30.6 Å². The molecule has 2 aromatic rings. The summed E-state index contributed by atoms with van der Waals surface area (Å²) in [4.78, 5) is 0. The molecule has 2 rings (SSSR count). The van der Waals surface area contributed by atoms with Gasteiger partial charge in [-0.3, -0.25) is 0 Å². The third-order valence-electron chi connectivity index (χ3n) is 2.44. The zero-order valence-corrected chi connectivity index (χ0v) is 11.6. The lowest BCUT2D eigenvalue weighted by Crippen LogP contribution is -2.15. The van der Waals surface area contributed by atoms with Crippen LogP contribution < -0.4 is 5.32 Å². The van der Waals surface area contributed by atoms with Gasteiger partial charge in [0.2, 0.25) is 0 Å². The van der Waals surface area contributed by atoms with E-state index in [0.717, 1.165) is 15.8 Å². The van der Waals surface area contributed by atoms with Gasteiger partial charge in [-0.05, 0) is 41.3 Å². The molecule has 0 spiro atoms. The first-order chi connectivity index (χ1) is 8.22. The Kier molecular flexibility index (Phi) is 4.11. The number of rotatable bonds is 4. The Hall–Kier alpha value is -0.950. The normalized spacial score (nSPS) is 10.8. The summed E-state index contributed by atoms with van der Waals surface area (Å²) in [5.41, 5.74) is 1.43. The molecule has 90 valence electrons. The predicted molar refractivity (Wildman–Crippen MR) is 73.6 cm³/mol. The highest BCUT2D eigenvalue weighted by Gasteiger charge is 2.10. The minimum atomic E-state index is -0.200.